The normalized spacial score (nSPS) is 17.2. The maximum Gasteiger partial charge on any atom is 0.145 e. The van der Waals surface area contributed by atoms with E-state index in [1.807, 2.05) is 24.8 Å². The third-order valence-electron chi connectivity index (χ3n) is 13.3. The van der Waals surface area contributed by atoms with E-state index in [-0.39, 0.29) is 11.8 Å². The molecule has 5 heterocycles. The molecule has 58 heavy (non-hydrogen) atoms. The third-order valence-corrected chi connectivity index (χ3v) is 13.3. The molecule has 272 valence electrons. The average molecular weight is 742 g/mol. The van der Waals surface area contributed by atoms with E-state index in [1.165, 1.54) is 82.8 Å². The lowest BCUT2D eigenvalue weighted by atomic mass is 9.69. The van der Waals surface area contributed by atoms with Gasteiger partial charge in [-0.15, -0.1) is 0 Å². The molecule has 5 aromatic carbocycles. The van der Waals surface area contributed by atoms with Crippen molar-refractivity contribution in [2.45, 2.75) is 18.3 Å². The summed E-state index contributed by atoms with van der Waals surface area (Å²) in [5, 5.41) is 4.80. The molecule has 13 rings (SSSR count). The minimum atomic E-state index is -0.479. The van der Waals surface area contributed by atoms with Crippen LogP contribution in [0.25, 0.3) is 77.4 Å². The molecular formula is C53H35N5. The second kappa shape index (κ2) is 11.6. The van der Waals surface area contributed by atoms with Crippen LogP contribution in [0.1, 0.15) is 40.7 Å². The molecule has 0 saturated carbocycles. The Hall–Kier alpha value is -7.37. The first kappa shape index (κ1) is 31.8. The Labute approximate surface area is 334 Å². The van der Waals surface area contributed by atoms with Crippen LogP contribution in [0, 0.1) is 5.92 Å². The predicted molar refractivity (Wildman–Crippen MR) is 235 cm³/mol. The minimum Gasteiger partial charge on any atom is -0.309 e. The highest BCUT2D eigenvalue weighted by Crippen LogP contribution is 2.64. The van der Waals surface area contributed by atoms with E-state index in [0.29, 0.717) is 0 Å². The van der Waals surface area contributed by atoms with Crippen molar-refractivity contribution in [1.29, 1.82) is 0 Å². The number of benzene rings is 5. The van der Waals surface area contributed by atoms with E-state index in [1.54, 1.807) is 0 Å². The zero-order chi connectivity index (χ0) is 38.1. The Bertz CT molecular complexity index is 3320. The van der Waals surface area contributed by atoms with Crippen molar-refractivity contribution < 1.29 is 0 Å². The maximum absolute atomic E-state index is 5.12. The van der Waals surface area contributed by atoms with Gasteiger partial charge in [0.25, 0.3) is 0 Å². The molecular weight excluding hydrogens is 707 g/mol. The molecule has 2 unspecified atom stereocenters. The van der Waals surface area contributed by atoms with Crippen molar-refractivity contribution in [1.82, 2.24) is 24.1 Å². The molecule has 5 heteroatoms. The maximum atomic E-state index is 5.12. The third kappa shape index (κ3) is 3.97. The van der Waals surface area contributed by atoms with E-state index >= 15 is 0 Å². The fourth-order valence-electron chi connectivity index (χ4n) is 11.0. The summed E-state index contributed by atoms with van der Waals surface area (Å²) in [4.78, 5) is 14.2. The lowest BCUT2D eigenvalue weighted by Gasteiger charge is -2.31. The minimum absolute atomic E-state index is 0.238. The summed E-state index contributed by atoms with van der Waals surface area (Å²) in [6.07, 6.45) is 17.0. The molecule has 0 N–H and O–H groups in total. The van der Waals surface area contributed by atoms with Crippen molar-refractivity contribution in [3.63, 3.8) is 0 Å². The zero-order valence-corrected chi connectivity index (χ0v) is 31.7. The first-order valence-corrected chi connectivity index (χ1v) is 20.1. The van der Waals surface area contributed by atoms with Gasteiger partial charge in [0.05, 0.1) is 22.0 Å². The second-order valence-electron chi connectivity index (χ2n) is 16.0. The molecule has 10 aromatic rings. The van der Waals surface area contributed by atoms with Gasteiger partial charge in [-0.25, -0.2) is 4.98 Å². The average Bonchev–Trinajstić information content (AvgIpc) is 3.99. The number of pyridine rings is 3. The van der Waals surface area contributed by atoms with Crippen LogP contribution in [-0.4, -0.2) is 24.1 Å². The molecule has 0 amide bonds. The van der Waals surface area contributed by atoms with Gasteiger partial charge in [-0.05, 0) is 105 Å². The Morgan fingerprint density at radius 2 is 1.24 bits per heavy atom. The zero-order valence-electron chi connectivity index (χ0n) is 31.7. The van der Waals surface area contributed by atoms with Crippen LogP contribution in [0.2, 0.25) is 0 Å². The number of allylic oxidation sites excluding steroid dienone is 4. The molecule has 0 fully saturated rings. The summed E-state index contributed by atoms with van der Waals surface area (Å²) in [7, 11) is 0. The number of nitrogens with zero attached hydrogens (tertiary/aromatic N) is 5. The van der Waals surface area contributed by atoms with E-state index in [9.17, 15) is 0 Å². The van der Waals surface area contributed by atoms with Crippen LogP contribution in [-0.2, 0) is 5.41 Å². The SMILES string of the molecule is CC1C=C(n2c3ccc4c(c3c3cccnc32)C2(c3ccccc3-c3ccccc32)c2ccncc2-4)C=CC1c1ccc(-n2c3ccccc3c3cnccc32)cc1. The van der Waals surface area contributed by atoms with Gasteiger partial charge in [0.15, 0.2) is 0 Å². The quantitative estimate of drug-likeness (QED) is 0.181. The van der Waals surface area contributed by atoms with Gasteiger partial charge in [-0.2, -0.15) is 0 Å². The lowest BCUT2D eigenvalue weighted by Crippen LogP contribution is -2.26. The predicted octanol–water partition coefficient (Wildman–Crippen LogP) is 12.3. The summed E-state index contributed by atoms with van der Waals surface area (Å²) < 4.78 is 4.75. The summed E-state index contributed by atoms with van der Waals surface area (Å²) >= 11 is 0. The van der Waals surface area contributed by atoms with E-state index in [2.05, 4.69) is 184 Å². The van der Waals surface area contributed by atoms with Crippen molar-refractivity contribution in [3.05, 3.63) is 210 Å². The Balaban J connectivity index is 0.957. The standard InChI is InChI=1S/C53H35N5/c1-32-29-35(20-21-36(32)33-16-18-34(19-17-33)57-47-15-7-4-11-39(47)43-31-55-28-25-48(43)57)58-49-23-22-40-42-30-54-27-24-46(42)53(51(40)50(49)41-12-8-26-56-52(41)58)44-13-5-2-9-37(44)38-10-3-6-14-45(38)53/h2-32,36H,1H3. The second-order valence-corrected chi connectivity index (χ2v) is 16.0. The highest BCUT2D eigenvalue weighted by atomic mass is 15.1. The Kier molecular flexibility index (Phi) is 6.35. The van der Waals surface area contributed by atoms with Crippen LogP contribution < -0.4 is 0 Å². The number of para-hydroxylation sites is 1. The molecule has 0 saturated heterocycles. The van der Waals surface area contributed by atoms with E-state index in [4.69, 9.17) is 4.98 Å². The molecule has 0 radical (unpaired) electrons. The van der Waals surface area contributed by atoms with Gasteiger partial charge in [-0.3, -0.25) is 14.5 Å². The van der Waals surface area contributed by atoms with E-state index in [0.717, 1.165) is 22.4 Å². The highest BCUT2D eigenvalue weighted by molar-refractivity contribution is 6.16. The van der Waals surface area contributed by atoms with Crippen molar-refractivity contribution in [2.24, 2.45) is 5.92 Å². The summed E-state index contributed by atoms with van der Waals surface area (Å²) in [6.45, 7) is 2.34. The van der Waals surface area contributed by atoms with Crippen LogP contribution in [0.4, 0.5) is 0 Å². The fraction of sp³-hybridized carbons (Fsp3) is 0.0755. The van der Waals surface area contributed by atoms with Crippen molar-refractivity contribution >= 4 is 49.4 Å². The topological polar surface area (TPSA) is 48.5 Å². The first-order chi connectivity index (χ1) is 28.7. The molecule has 2 atom stereocenters. The van der Waals surface area contributed by atoms with Gasteiger partial charge >= 0.3 is 0 Å². The molecule has 5 nitrogen and oxygen atoms in total. The van der Waals surface area contributed by atoms with Crippen LogP contribution in [0.5, 0.6) is 0 Å². The number of aromatic nitrogens is 5. The van der Waals surface area contributed by atoms with Crippen LogP contribution in [0.15, 0.2) is 183 Å². The monoisotopic (exact) mass is 741 g/mol. The summed E-state index contributed by atoms with van der Waals surface area (Å²) in [6, 6.07) is 49.1. The molecule has 0 aliphatic heterocycles. The largest absolute Gasteiger partial charge is 0.309 e. The number of hydrogen-bond donors (Lipinski definition) is 0. The number of rotatable bonds is 3. The van der Waals surface area contributed by atoms with Gasteiger partial charge in [-0.1, -0.05) is 104 Å². The molecule has 3 aliphatic carbocycles. The Morgan fingerprint density at radius 3 is 2.07 bits per heavy atom. The molecule has 1 spiro atoms. The lowest BCUT2D eigenvalue weighted by molar-refractivity contribution is 0.634. The highest BCUT2D eigenvalue weighted by Gasteiger charge is 2.53. The number of hydrogen-bond acceptors (Lipinski definition) is 3. The first-order valence-electron chi connectivity index (χ1n) is 20.1. The smallest absolute Gasteiger partial charge is 0.145 e. The van der Waals surface area contributed by atoms with Crippen molar-refractivity contribution in [2.75, 3.05) is 0 Å². The molecule has 3 aliphatic rings. The molecule has 0 bridgehead atoms. The van der Waals surface area contributed by atoms with Crippen LogP contribution in [0.3, 0.4) is 0 Å². The van der Waals surface area contributed by atoms with E-state index < -0.39 is 5.41 Å². The summed E-state index contributed by atoms with van der Waals surface area (Å²) in [5.41, 5.74) is 17.9. The van der Waals surface area contributed by atoms with Gasteiger partial charge in [0.2, 0.25) is 0 Å². The number of fused-ring (bicyclic) bond motifs is 17. The molecule has 5 aromatic heterocycles. The van der Waals surface area contributed by atoms with Gasteiger partial charge in [0, 0.05) is 75.4 Å². The van der Waals surface area contributed by atoms with Gasteiger partial charge in [0.1, 0.15) is 5.65 Å². The summed E-state index contributed by atoms with van der Waals surface area (Å²) in [5.74, 6) is 0.494. The Morgan fingerprint density at radius 1 is 0.534 bits per heavy atom. The fourth-order valence-corrected chi connectivity index (χ4v) is 11.0. The van der Waals surface area contributed by atoms with Crippen LogP contribution >= 0.6 is 0 Å². The van der Waals surface area contributed by atoms with Gasteiger partial charge < -0.3 is 4.57 Å². The van der Waals surface area contributed by atoms with Crippen molar-refractivity contribution in [3.8, 4) is 27.9 Å².